The lowest BCUT2D eigenvalue weighted by Gasteiger charge is -2.33. The van der Waals surface area contributed by atoms with Gasteiger partial charge >= 0.3 is 0 Å². The van der Waals surface area contributed by atoms with Crippen LogP contribution in [0.3, 0.4) is 0 Å². The third-order valence-corrected chi connectivity index (χ3v) is 9.20. The Kier molecular flexibility index (Phi) is 12.0. The van der Waals surface area contributed by atoms with Gasteiger partial charge in [0.1, 0.15) is 18.3 Å². The summed E-state index contributed by atoms with van der Waals surface area (Å²) in [5.41, 5.74) is 2.05. The highest BCUT2D eigenvalue weighted by Crippen LogP contribution is 2.33. The minimum absolute atomic E-state index is 0.0915. The van der Waals surface area contributed by atoms with Crippen molar-refractivity contribution < 1.29 is 32.2 Å². The molecule has 3 aromatic rings. The molecule has 0 aromatic heterocycles. The summed E-state index contributed by atoms with van der Waals surface area (Å²) in [5.74, 6) is 0.279. The number of methoxy groups -OCH3 is 2. The fraction of sp³-hybridized carbons (Fsp3) is 0.394. The van der Waals surface area contributed by atoms with E-state index in [4.69, 9.17) is 14.2 Å². The maximum absolute atomic E-state index is 14.2. The second kappa shape index (κ2) is 15.5. The van der Waals surface area contributed by atoms with E-state index in [1.807, 2.05) is 52.0 Å². The number of hydrogen-bond donors (Lipinski definition) is 1. The minimum atomic E-state index is -4.31. The second-order valence-electron chi connectivity index (χ2n) is 10.4. The summed E-state index contributed by atoms with van der Waals surface area (Å²) in [4.78, 5) is 28.8. The Labute approximate surface area is 261 Å². The van der Waals surface area contributed by atoms with Gasteiger partial charge < -0.3 is 24.4 Å². The maximum atomic E-state index is 14.2. The lowest BCUT2D eigenvalue weighted by atomic mass is 10.1. The molecule has 0 aliphatic rings. The average molecular weight is 626 g/mol. The number of carbonyl (C=O) groups is 2. The van der Waals surface area contributed by atoms with Crippen molar-refractivity contribution in [3.05, 3.63) is 77.9 Å². The highest BCUT2D eigenvalue weighted by atomic mass is 32.2. The van der Waals surface area contributed by atoms with E-state index in [1.165, 1.54) is 37.3 Å². The molecule has 0 saturated heterocycles. The van der Waals surface area contributed by atoms with E-state index in [1.54, 1.807) is 31.2 Å². The third-order valence-electron chi connectivity index (χ3n) is 7.43. The van der Waals surface area contributed by atoms with Crippen molar-refractivity contribution in [1.82, 2.24) is 10.2 Å². The molecule has 0 saturated carbocycles. The second-order valence-corrected chi connectivity index (χ2v) is 12.3. The smallest absolute Gasteiger partial charge is 0.264 e. The monoisotopic (exact) mass is 625 g/mol. The molecular formula is C33H43N3O7S. The Morgan fingerprint density at radius 2 is 1.57 bits per heavy atom. The van der Waals surface area contributed by atoms with Gasteiger partial charge in [-0.25, -0.2) is 8.42 Å². The van der Waals surface area contributed by atoms with Crippen LogP contribution in [-0.4, -0.2) is 64.6 Å². The standard InChI is InChI=1S/C33H43N3O7S/c1-8-24(4)34-33(38)25(5)35(21-26-13-11-10-12-23(26)3)32(37)22-36(27-14-16-28(17-15-27)43-9-2)44(39,40)29-18-19-30(41-6)31(20-29)42-7/h10-20,24-25H,8-9,21-22H2,1-7H3,(H,34,38)/t24-,25-/m0/s1. The zero-order valence-corrected chi connectivity index (χ0v) is 27.3. The number of nitrogens with zero attached hydrogens (tertiary/aromatic N) is 2. The lowest BCUT2D eigenvalue weighted by molar-refractivity contribution is -0.139. The summed E-state index contributed by atoms with van der Waals surface area (Å²) >= 11 is 0. The van der Waals surface area contributed by atoms with Gasteiger partial charge in [0, 0.05) is 18.7 Å². The van der Waals surface area contributed by atoms with Gasteiger partial charge in [0.25, 0.3) is 10.0 Å². The van der Waals surface area contributed by atoms with E-state index >= 15 is 0 Å². The van der Waals surface area contributed by atoms with Gasteiger partial charge in [-0.05, 0) is 81.6 Å². The average Bonchev–Trinajstić information content (AvgIpc) is 3.02. The van der Waals surface area contributed by atoms with Crippen molar-refractivity contribution in [2.75, 3.05) is 31.7 Å². The van der Waals surface area contributed by atoms with Gasteiger partial charge in [-0.2, -0.15) is 0 Å². The highest BCUT2D eigenvalue weighted by molar-refractivity contribution is 7.92. The van der Waals surface area contributed by atoms with Crippen LogP contribution in [-0.2, 0) is 26.2 Å². The van der Waals surface area contributed by atoms with E-state index in [0.717, 1.165) is 21.9 Å². The first-order chi connectivity index (χ1) is 21.0. The number of ether oxygens (including phenoxy) is 3. The summed E-state index contributed by atoms with van der Waals surface area (Å²) in [7, 11) is -1.44. The number of carbonyl (C=O) groups excluding carboxylic acids is 2. The molecule has 1 N–H and O–H groups in total. The van der Waals surface area contributed by atoms with E-state index in [2.05, 4.69) is 5.32 Å². The van der Waals surface area contributed by atoms with Gasteiger partial charge in [0.2, 0.25) is 11.8 Å². The summed E-state index contributed by atoms with van der Waals surface area (Å²) in [5, 5.41) is 2.94. The van der Waals surface area contributed by atoms with E-state index in [9.17, 15) is 18.0 Å². The van der Waals surface area contributed by atoms with Gasteiger partial charge in [-0.1, -0.05) is 31.2 Å². The molecule has 0 unspecified atom stereocenters. The van der Waals surface area contributed by atoms with Crippen LogP contribution < -0.4 is 23.8 Å². The van der Waals surface area contributed by atoms with Crippen LogP contribution in [0.4, 0.5) is 5.69 Å². The largest absolute Gasteiger partial charge is 0.494 e. The third kappa shape index (κ3) is 8.22. The van der Waals surface area contributed by atoms with Crippen LogP contribution in [0.25, 0.3) is 0 Å². The Morgan fingerprint density at radius 3 is 2.16 bits per heavy atom. The van der Waals surface area contributed by atoms with Crippen LogP contribution in [0.2, 0.25) is 0 Å². The highest BCUT2D eigenvalue weighted by Gasteiger charge is 2.33. The SMILES string of the molecule is CCOc1ccc(N(CC(=O)N(Cc2ccccc2C)[C@@H](C)C(=O)N[C@@H](C)CC)S(=O)(=O)c2ccc(OC)c(OC)c2)cc1. The van der Waals surface area contributed by atoms with Crippen molar-refractivity contribution in [1.29, 1.82) is 0 Å². The normalized spacial score (nSPS) is 12.5. The van der Waals surface area contributed by atoms with E-state index < -0.39 is 28.5 Å². The Morgan fingerprint density at radius 1 is 0.909 bits per heavy atom. The number of benzene rings is 3. The number of rotatable bonds is 15. The molecular weight excluding hydrogens is 582 g/mol. The minimum Gasteiger partial charge on any atom is -0.494 e. The van der Waals surface area contributed by atoms with E-state index in [0.29, 0.717) is 18.1 Å². The number of amides is 2. The van der Waals surface area contributed by atoms with Gasteiger partial charge in [0.15, 0.2) is 11.5 Å². The molecule has 2 atom stereocenters. The molecule has 3 rings (SSSR count). The number of sulfonamides is 1. The van der Waals surface area contributed by atoms with Crippen molar-refractivity contribution >= 4 is 27.5 Å². The zero-order chi connectivity index (χ0) is 32.4. The Bertz CT molecular complexity index is 1530. The van der Waals surface area contributed by atoms with Crippen LogP contribution in [0.15, 0.2) is 71.6 Å². The first kappa shape index (κ1) is 34.2. The molecule has 0 bridgehead atoms. The molecule has 3 aromatic carbocycles. The molecule has 2 amide bonds. The molecule has 0 radical (unpaired) electrons. The molecule has 11 heteroatoms. The molecule has 10 nitrogen and oxygen atoms in total. The molecule has 0 heterocycles. The first-order valence-corrected chi connectivity index (χ1v) is 16.0. The van der Waals surface area contributed by atoms with Crippen molar-refractivity contribution in [2.24, 2.45) is 0 Å². The quantitative estimate of drug-likeness (QED) is 0.255. The predicted octanol–water partition coefficient (Wildman–Crippen LogP) is 4.94. The van der Waals surface area contributed by atoms with Crippen molar-refractivity contribution in [3.8, 4) is 17.2 Å². The van der Waals surface area contributed by atoms with Gasteiger partial charge in [0.05, 0.1) is 31.4 Å². The molecule has 44 heavy (non-hydrogen) atoms. The maximum Gasteiger partial charge on any atom is 0.264 e. The molecule has 0 spiro atoms. The van der Waals surface area contributed by atoms with Gasteiger partial charge in [-0.3, -0.25) is 13.9 Å². The summed E-state index contributed by atoms with van der Waals surface area (Å²) in [6, 6.07) is 17.3. The predicted molar refractivity (Wildman–Crippen MR) is 171 cm³/mol. The van der Waals surface area contributed by atoms with Crippen molar-refractivity contribution in [3.63, 3.8) is 0 Å². The Balaban J connectivity index is 2.09. The molecule has 0 aliphatic heterocycles. The molecule has 0 aliphatic carbocycles. The zero-order valence-electron chi connectivity index (χ0n) is 26.5. The van der Waals surface area contributed by atoms with E-state index in [-0.39, 0.29) is 34.8 Å². The summed E-state index contributed by atoms with van der Waals surface area (Å²) < 4.78 is 45.7. The molecule has 238 valence electrons. The number of hydrogen-bond acceptors (Lipinski definition) is 7. The van der Waals surface area contributed by atoms with Crippen LogP contribution in [0.5, 0.6) is 17.2 Å². The number of anilines is 1. The fourth-order valence-electron chi connectivity index (χ4n) is 4.53. The number of aryl methyl sites for hydroxylation is 1. The number of nitrogens with one attached hydrogen (secondary N) is 1. The van der Waals surface area contributed by atoms with Crippen LogP contribution in [0, 0.1) is 6.92 Å². The van der Waals surface area contributed by atoms with Crippen LogP contribution in [0.1, 0.15) is 45.2 Å². The van der Waals surface area contributed by atoms with Crippen LogP contribution >= 0.6 is 0 Å². The summed E-state index contributed by atoms with van der Waals surface area (Å²) in [6.07, 6.45) is 0.722. The fourth-order valence-corrected chi connectivity index (χ4v) is 5.96. The topological polar surface area (TPSA) is 114 Å². The van der Waals surface area contributed by atoms with Gasteiger partial charge in [-0.15, -0.1) is 0 Å². The molecule has 0 fully saturated rings. The lowest BCUT2D eigenvalue weighted by Crippen LogP contribution is -2.52. The summed E-state index contributed by atoms with van der Waals surface area (Å²) in [6.45, 7) is 9.28. The Hall–Kier alpha value is -4.25. The first-order valence-electron chi connectivity index (χ1n) is 14.6. The van der Waals surface area contributed by atoms with Crippen molar-refractivity contribution in [2.45, 2.75) is 64.6 Å².